The van der Waals surface area contributed by atoms with Gasteiger partial charge in [0.1, 0.15) is 0 Å². The number of carbonyl (C=O) groups excluding carboxylic acids is 1. The molecule has 6 nitrogen and oxygen atoms in total. The van der Waals surface area contributed by atoms with Crippen molar-refractivity contribution in [3.05, 3.63) is 53.6 Å². The maximum atomic E-state index is 12.6. The van der Waals surface area contributed by atoms with Gasteiger partial charge in [0.2, 0.25) is 10.0 Å². The molecule has 0 aliphatic rings. The molecule has 2 aromatic rings. The summed E-state index contributed by atoms with van der Waals surface area (Å²) in [5.74, 6) is -0.341. The molecule has 0 radical (unpaired) electrons. The van der Waals surface area contributed by atoms with Crippen LogP contribution in [0.25, 0.3) is 0 Å². The Morgan fingerprint density at radius 3 is 2.19 bits per heavy atom. The van der Waals surface area contributed by atoms with E-state index in [1.807, 2.05) is 24.3 Å². The van der Waals surface area contributed by atoms with E-state index in [1.54, 1.807) is 13.0 Å². The van der Waals surface area contributed by atoms with Crippen molar-refractivity contribution >= 4 is 27.3 Å². The zero-order chi connectivity index (χ0) is 19.3. The molecule has 0 saturated carbocycles. The Morgan fingerprint density at radius 1 is 1.04 bits per heavy atom. The average molecular weight is 375 g/mol. The highest BCUT2D eigenvalue weighted by atomic mass is 32.2. The van der Waals surface area contributed by atoms with Crippen molar-refractivity contribution in [3.8, 4) is 0 Å². The SMILES string of the molecule is CCN(CC)c1ccc(NC(=O)c2cc(S(=O)(=O)NC)ccc2C)cc1. The van der Waals surface area contributed by atoms with Crippen LogP contribution in [-0.4, -0.2) is 34.5 Å². The molecule has 140 valence electrons. The van der Waals surface area contributed by atoms with Gasteiger partial charge in [0.25, 0.3) is 5.91 Å². The molecule has 2 aromatic carbocycles. The number of hydrogen-bond donors (Lipinski definition) is 2. The number of rotatable bonds is 7. The number of amides is 1. The van der Waals surface area contributed by atoms with Crippen molar-refractivity contribution in [3.63, 3.8) is 0 Å². The van der Waals surface area contributed by atoms with Gasteiger partial charge in [-0.15, -0.1) is 0 Å². The fourth-order valence-corrected chi connectivity index (χ4v) is 3.43. The Balaban J connectivity index is 2.24. The first-order valence-corrected chi connectivity index (χ1v) is 10.0. The van der Waals surface area contributed by atoms with Gasteiger partial charge in [-0.2, -0.15) is 0 Å². The fraction of sp³-hybridized carbons (Fsp3) is 0.316. The molecule has 0 aromatic heterocycles. The summed E-state index contributed by atoms with van der Waals surface area (Å²) >= 11 is 0. The second-order valence-electron chi connectivity index (χ2n) is 5.86. The average Bonchev–Trinajstić information content (AvgIpc) is 2.64. The maximum absolute atomic E-state index is 12.6. The van der Waals surface area contributed by atoms with E-state index in [1.165, 1.54) is 19.2 Å². The van der Waals surface area contributed by atoms with Gasteiger partial charge in [0.15, 0.2) is 0 Å². The third-order valence-electron chi connectivity index (χ3n) is 4.29. The number of hydrogen-bond acceptors (Lipinski definition) is 4. The Bertz CT molecular complexity index is 873. The van der Waals surface area contributed by atoms with E-state index in [-0.39, 0.29) is 10.8 Å². The molecular formula is C19H25N3O3S. The van der Waals surface area contributed by atoms with Crippen molar-refractivity contribution in [2.75, 3.05) is 30.4 Å². The number of anilines is 2. The first-order chi connectivity index (χ1) is 12.3. The summed E-state index contributed by atoms with van der Waals surface area (Å²) in [6, 6.07) is 12.1. The monoisotopic (exact) mass is 375 g/mol. The van der Waals surface area contributed by atoms with Gasteiger partial charge in [-0.05, 0) is 69.8 Å². The second kappa shape index (κ2) is 8.33. The molecule has 0 fully saturated rings. The number of sulfonamides is 1. The third kappa shape index (κ3) is 4.42. The third-order valence-corrected chi connectivity index (χ3v) is 5.70. The molecule has 0 spiro atoms. The zero-order valence-corrected chi connectivity index (χ0v) is 16.4. The lowest BCUT2D eigenvalue weighted by atomic mass is 10.1. The van der Waals surface area contributed by atoms with Gasteiger partial charge < -0.3 is 10.2 Å². The van der Waals surface area contributed by atoms with Crippen molar-refractivity contribution in [1.82, 2.24) is 4.72 Å². The minimum atomic E-state index is -3.60. The van der Waals surface area contributed by atoms with Crippen LogP contribution in [0.1, 0.15) is 29.8 Å². The highest BCUT2D eigenvalue weighted by molar-refractivity contribution is 7.89. The highest BCUT2D eigenvalue weighted by Gasteiger charge is 2.16. The van der Waals surface area contributed by atoms with Gasteiger partial charge in [0, 0.05) is 30.0 Å². The highest BCUT2D eigenvalue weighted by Crippen LogP contribution is 2.20. The van der Waals surface area contributed by atoms with Gasteiger partial charge in [-0.3, -0.25) is 4.79 Å². The summed E-state index contributed by atoms with van der Waals surface area (Å²) in [7, 11) is -2.26. The predicted octanol–water partition coefficient (Wildman–Crippen LogP) is 3.00. The lowest BCUT2D eigenvalue weighted by molar-refractivity contribution is 0.102. The molecule has 2 rings (SSSR count). The van der Waals surface area contributed by atoms with Crippen molar-refractivity contribution in [2.24, 2.45) is 0 Å². The lowest BCUT2D eigenvalue weighted by Crippen LogP contribution is -2.22. The molecule has 1 amide bonds. The molecule has 7 heteroatoms. The van der Waals surface area contributed by atoms with Crippen molar-refractivity contribution in [1.29, 1.82) is 0 Å². The summed E-state index contributed by atoms with van der Waals surface area (Å²) in [5, 5.41) is 2.83. The molecule has 0 aliphatic carbocycles. The summed E-state index contributed by atoms with van der Waals surface area (Å²) in [5.41, 5.74) is 2.78. The van der Waals surface area contributed by atoms with Crippen LogP contribution in [0.5, 0.6) is 0 Å². The number of aryl methyl sites for hydroxylation is 1. The Hall–Kier alpha value is -2.38. The molecule has 0 aliphatic heterocycles. The molecule has 26 heavy (non-hydrogen) atoms. The van der Waals surface area contributed by atoms with Crippen LogP contribution in [0, 0.1) is 6.92 Å². The van der Waals surface area contributed by atoms with Crippen LogP contribution in [0.15, 0.2) is 47.4 Å². The number of benzene rings is 2. The standard InChI is InChI=1S/C19H25N3O3S/c1-5-22(6-2)16-10-8-15(9-11-16)21-19(23)18-13-17(12-7-14(18)3)26(24,25)20-4/h7-13,20H,5-6H2,1-4H3,(H,21,23). The maximum Gasteiger partial charge on any atom is 0.255 e. The Labute approximate surface area is 155 Å². The van der Waals surface area contributed by atoms with E-state index in [9.17, 15) is 13.2 Å². The Kier molecular flexibility index (Phi) is 6.39. The molecule has 0 atom stereocenters. The second-order valence-corrected chi connectivity index (χ2v) is 7.74. The normalized spacial score (nSPS) is 11.2. The van der Waals surface area contributed by atoms with Crippen LogP contribution in [0.4, 0.5) is 11.4 Å². The molecule has 0 unspecified atom stereocenters. The summed E-state index contributed by atoms with van der Waals surface area (Å²) < 4.78 is 26.2. The van der Waals surface area contributed by atoms with E-state index >= 15 is 0 Å². The molecule has 0 heterocycles. The number of nitrogens with zero attached hydrogens (tertiary/aromatic N) is 1. The van der Waals surface area contributed by atoms with E-state index < -0.39 is 10.0 Å². The smallest absolute Gasteiger partial charge is 0.255 e. The van der Waals surface area contributed by atoms with Gasteiger partial charge in [-0.25, -0.2) is 13.1 Å². The largest absolute Gasteiger partial charge is 0.372 e. The van der Waals surface area contributed by atoms with E-state index in [0.717, 1.165) is 18.8 Å². The molecule has 2 N–H and O–H groups in total. The number of nitrogens with one attached hydrogen (secondary N) is 2. The molecular weight excluding hydrogens is 350 g/mol. The first-order valence-electron chi connectivity index (χ1n) is 8.53. The quantitative estimate of drug-likeness (QED) is 0.780. The van der Waals surface area contributed by atoms with Crippen molar-refractivity contribution in [2.45, 2.75) is 25.7 Å². The van der Waals surface area contributed by atoms with E-state index in [4.69, 9.17) is 0 Å². The van der Waals surface area contributed by atoms with Crippen molar-refractivity contribution < 1.29 is 13.2 Å². The van der Waals surface area contributed by atoms with Gasteiger partial charge in [0.05, 0.1) is 4.90 Å². The fourth-order valence-electron chi connectivity index (χ4n) is 2.67. The number of carbonyl (C=O) groups is 1. The summed E-state index contributed by atoms with van der Waals surface area (Å²) in [6.45, 7) is 7.78. The predicted molar refractivity (Wildman–Crippen MR) is 105 cm³/mol. The Morgan fingerprint density at radius 2 is 1.65 bits per heavy atom. The first kappa shape index (κ1) is 19.9. The summed E-state index contributed by atoms with van der Waals surface area (Å²) in [4.78, 5) is 14.9. The van der Waals surface area contributed by atoms with Crippen LogP contribution in [-0.2, 0) is 10.0 Å². The molecule has 0 bridgehead atoms. The zero-order valence-electron chi connectivity index (χ0n) is 15.5. The van der Waals surface area contributed by atoms with Crippen LogP contribution in [0.2, 0.25) is 0 Å². The summed E-state index contributed by atoms with van der Waals surface area (Å²) in [6.07, 6.45) is 0. The molecule has 0 saturated heterocycles. The topological polar surface area (TPSA) is 78.5 Å². The van der Waals surface area contributed by atoms with E-state index in [2.05, 4.69) is 28.8 Å². The van der Waals surface area contributed by atoms with E-state index in [0.29, 0.717) is 16.8 Å². The lowest BCUT2D eigenvalue weighted by Gasteiger charge is -2.21. The van der Waals surface area contributed by atoms with Gasteiger partial charge in [-0.1, -0.05) is 6.07 Å². The van der Waals surface area contributed by atoms with Crippen LogP contribution >= 0.6 is 0 Å². The minimum Gasteiger partial charge on any atom is -0.372 e. The van der Waals surface area contributed by atoms with Crippen LogP contribution < -0.4 is 14.9 Å². The van der Waals surface area contributed by atoms with Crippen LogP contribution in [0.3, 0.4) is 0 Å². The minimum absolute atomic E-state index is 0.0626. The van der Waals surface area contributed by atoms with Gasteiger partial charge >= 0.3 is 0 Å².